The molecule has 0 bridgehead atoms. The van der Waals surface area contributed by atoms with Gasteiger partial charge in [0.2, 0.25) is 0 Å². The Morgan fingerprint density at radius 3 is 2.67 bits per heavy atom. The number of hydrogen-bond donors (Lipinski definition) is 1. The van der Waals surface area contributed by atoms with E-state index in [-0.39, 0.29) is 5.91 Å². The summed E-state index contributed by atoms with van der Waals surface area (Å²) in [5.41, 5.74) is 0. The summed E-state index contributed by atoms with van der Waals surface area (Å²) in [7, 11) is 0. The van der Waals surface area contributed by atoms with Gasteiger partial charge in [0.05, 0.1) is 0 Å². The van der Waals surface area contributed by atoms with Gasteiger partial charge in [0.1, 0.15) is 0 Å². The lowest BCUT2D eigenvalue weighted by Gasteiger charge is -2.46. The molecule has 0 aliphatic carbocycles. The lowest BCUT2D eigenvalue weighted by molar-refractivity contribution is 0.0203. The van der Waals surface area contributed by atoms with Crippen LogP contribution in [0.15, 0.2) is 21.2 Å². The van der Waals surface area contributed by atoms with Crippen molar-refractivity contribution in [3.63, 3.8) is 0 Å². The highest BCUT2D eigenvalue weighted by Gasteiger charge is 2.36. The van der Waals surface area contributed by atoms with Crippen LogP contribution in [0, 0.1) is 0 Å². The Balaban J connectivity index is 1.53. The highest BCUT2D eigenvalue weighted by molar-refractivity contribution is 9.10. The average Bonchev–Trinajstić information content (AvgIpc) is 2.75. The third-order valence-electron chi connectivity index (χ3n) is 3.60. The van der Waals surface area contributed by atoms with Gasteiger partial charge in [-0.1, -0.05) is 0 Å². The molecule has 0 saturated carbocycles. The first-order chi connectivity index (χ1) is 8.74. The lowest BCUT2D eigenvalue weighted by Crippen LogP contribution is -2.63. The van der Waals surface area contributed by atoms with Crippen LogP contribution in [0.2, 0.25) is 0 Å². The molecule has 6 heteroatoms. The summed E-state index contributed by atoms with van der Waals surface area (Å²) in [5, 5.41) is 3.34. The van der Waals surface area contributed by atoms with Crippen LogP contribution in [0.4, 0.5) is 0 Å². The number of amides is 1. The normalized spacial score (nSPS) is 21.9. The largest absolute Gasteiger partial charge is 0.444 e. The fourth-order valence-electron chi connectivity index (χ4n) is 2.48. The van der Waals surface area contributed by atoms with E-state index in [0.29, 0.717) is 16.5 Å². The average molecular weight is 314 g/mol. The van der Waals surface area contributed by atoms with Gasteiger partial charge >= 0.3 is 0 Å². The monoisotopic (exact) mass is 313 g/mol. The van der Waals surface area contributed by atoms with E-state index in [9.17, 15) is 4.79 Å². The minimum atomic E-state index is -0.00733. The molecule has 18 heavy (non-hydrogen) atoms. The summed E-state index contributed by atoms with van der Waals surface area (Å²) in [6.45, 7) is 5.90. The van der Waals surface area contributed by atoms with Crippen LogP contribution in [-0.4, -0.2) is 61.0 Å². The van der Waals surface area contributed by atoms with Gasteiger partial charge in [-0.3, -0.25) is 9.69 Å². The second-order valence-corrected chi connectivity index (χ2v) is 5.54. The summed E-state index contributed by atoms with van der Waals surface area (Å²) in [6.07, 6.45) is 0. The molecule has 1 N–H and O–H groups in total. The predicted octanol–water partition coefficient (Wildman–Crippen LogP) is 0.772. The summed E-state index contributed by atoms with van der Waals surface area (Å²) in [6, 6.07) is 3.99. The number of nitrogens with one attached hydrogen (secondary N) is 1. The Hall–Kier alpha value is -0.850. The van der Waals surface area contributed by atoms with Crippen LogP contribution in [0.3, 0.4) is 0 Å². The first-order valence-electron chi connectivity index (χ1n) is 6.23. The highest BCUT2D eigenvalue weighted by atomic mass is 79.9. The van der Waals surface area contributed by atoms with E-state index in [4.69, 9.17) is 4.42 Å². The molecule has 2 fully saturated rings. The Morgan fingerprint density at radius 1 is 1.33 bits per heavy atom. The van der Waals surface area contributed by atoms with Crippen LogP contribution < -0.4 is 5.32 Å². The van der Waals surface area contributed by atoms with Gasteiger partial charge < -0.3 is 14.6 Å². The van der Waals surface area contributed by atoms with Crippen molar-refractivity contribution in [2.24, 2.45) is 0 Å². The van der Waals surface area contributed by atoms with E-state index in [1.165, 1.54) is 0 Å². The van der Waals surface area contributed by atoms with Crippen molar-refractivity contribution in [1.29, 1.82) is 0 Å². The zero-order chi connectivity index (χ0) is 12.5. The number of carbonyl (C=O) groups is 1. The molecule has 0 atom stereocenters. The molecule has 5 nitrogen and oxygen atoms in total. The molecule has 0 radical (unpaired) electrons. The van der Waals surface area contributed by atoms with Gasteiger partial charge in [0.25, 0.3) is 5.91 Å². The molecular formula is C12H16BrN3O2. The second-order valence-electron chi connectivity index (χ2n) is 4.75. The van der Waals surface area contributed by atoms with Crippen LogP contribution in [0.1, 0.15) is 10.6 Å². The minimum Gasteiger partial charge on any atom is -0.444 e. The number of rotatable bonds is 2. The number of halogens is 1. The van der Waals surface area contributed by atoms with Crippen molar-refractivity contribution in [1.82, 2.24) is 15.1 Å². The molecule has 3 heterocycles. The van der Waals surface area contributed by atoms with E-state index in [2.05, 4.69) is 26.1 Å². The predicted molar refractivity (Wildman–Crippen MR) is 70.5 cm³/mol. The van der Waals surface area contributed by atoms with E-state index in [0.717, 1.165) is 39.3 Å². The molecule has 1 aromatic rings. The molecule has 2 saturated heterocycles. The molecule has 2 aliphatic rings. The molecular weight excluding hydrogens is 298 g/mol. The number of hydrogen-bond acceptors (Lipinski definition) is 4. The molecule has 0 spiro atoms. The summed E-state index contributed by atoms with van der Waals surface area (Å²) < 4.78 is 5.89. The summed E-state index contributed by atoms with van der Waals surface area (Å²) in [4.78, 5) is 16.4. The fraction of sp³-hybridized carbons (Fsp3) is 0.583. The van der Waals surface area contributed by atoms with Crippen molar-refractivity contribution >= 4 is 21.8 Å². The van der Waals surface area contributed by atoms with E-state index in [1.54, 1.807) is 12.1 Å². The number of piperazine rings is 1. The molecule has 1 aromatic heterocycles. The lowest BCUT2D eigenvalue weighted by atomic mass is 10.1. The smallest absolute Gasteiger partial charge is 0.289 e. The number of nitrogens with zero attached hydrogens (tertiary/aromatic N) is 2. The SMILES string of the molecule is O=C(c1ccc(Br)o1)N1CC(N2CCNCC2)C1. The van der Waals surface area contributed by atoms with E-state index < -0.39 is 0 Å². The van der Waals surface area contributed by atoms with Crippen molar-refractivity contribution in [2.45, 2.75) is 6.04 Å². The van der Waals surface area contributed by atoms with Crippen molar-refractivity contribution in [3.8, 4) is 0 Å². The minimum absolute atomic E-state index is 0.00733. The fourth-order valence-corrected chi connectivity index (χ4v) is 2.79. The van der Waals surface area contributed by atoms with E-state index in [1.807, 2.05) is 4.90 Å². The van der Waals surface area contributed by atoms with Crippen molar-refractivity contribution < 1.29 is 9.21 Å². The zero-order valence-electron chi connectivity index (χ0n) is 10.1. The van der Waals surface area contributed by atoms with Crippen LogP contribution in [0.25, 0.3) is 0 Å². The third-order valence-corrected chi connectivity index (χ3v) is 4.03. The number of carbonyl (C=O) groups excluding carboxylic acids is 1. The van der Waals surface area contributed by atoms with Gasteiger partial charge in [0, 0.05) is 45.3 Å². The molecule has 0 aromatic carbocycles. The van der Waals surface area contributed by atoms with Crippen molar-refractivity contribution in [2.75, 3.05) is 39.3 Å². The molecule has 3 rings (SSSR count). The quantitative estimate of drug-likeness (QED) is 0.876. The summed E-state index contributed by atoms with van der Waals surface area (Å²) in [5.74, 6) is 0.410. The Morgan fingerprint density at radius 2 is 2.06 bits per heavy atom. The van der Waals surface area contributed by atoms with Crippen LogP contribution in [-0.2, 0) is 0 Å². The Bertz CT molecular complexity index is 436. The van der Waals surface area contributed by atoms with Gasteiger partial charge in [0.15, 0.2) is 10.4 Å². The van der Waals surface area contributed by atoms with Crippen LogP contribution in [0.5, 0.6) is 0 Å². The number of likely N-dealkylation sites (tertiary alicyclic amines) is 1. The molecule has 98 valence electrons. The van der Waals surface area contributed by atoms with Gasteiger partial charge in [-0.2, -0.15) is 0 Å². The van der Waals surface area contributed by atoms with Crippen molar-refractivity contribution in [3.05, 3.63) is 22.6 Å². The van der Waals surface area contributed by atoms with Crippen LogP contribution >= 0.6 is 15.9 Å². The topological polar surface area (TPSA) is 48.7 Å². The standard InChI is InChI=1S/C12H16BrN3O2/c13-11-2-1-10(18-11)12(17)16-7-9(8-16)15-5-3-14-4-6-15/h1-2,9,14H,3-8H2. The first kappa shape index (κ1) is 12.2. The number of furan rings is 1. The Kier molecular flexibility index (Phi) is 3.41. The van der Waals surface area contributed by atoms with Gasteiger partial charge in [-0.05, 0) is 28.1 Å². The zero-order valence-corrected chi connectivity index (χ0v) is 11.6. The molecule has 0 unspecified atom stereocenters. The third kappa shape index (κ3) is 2.32. The maximum Gasteiger partial charge on any atom is 0.289 e. The summed E-state index contributed by atoms with van der Waals surface area (Å²) >= 11 is 3.21. The second kappa shape index (κ2) is 5.03. The first-order valence-corrected chi connectivity index (χ1v) is 7.03. The molecule has 1 amide bonds. The van der Waals surface area contributed by atoms with Gasteiger partial charge in [-0.25, -0.2) is 0 Å². The maximum atomic E-state index is 12.0. The Labute approximate surface area is 114 Å². The van der Waals surface area contributed by atoms with E-state index >= 15 is 0 Å². The van der Waals surface area contributed by atoms with Gasteiger partial charge in [-0.15, -0.1) is 0 Å². The maximum absolute atomic E-state index is 12.0. The molecule has 2 aliphatic heterocycles. The highest BCUT2D eigenvalue weighted by Crippen LogP contribution is 2.21.